The average molecular weight is 475 g/mol. The van der Waals surface area contributed by atoms with Crippen LogP contribution in [0.25, 0.3) is 5.69 Å². The highest BCUT2D eigenvalue weighted by molar-refractivity contribution is 7.80. The number of rotatable bonds is 12. The Bertz CT molecular complexity index is 892. The third-order valence-corrected chi connectivity index (χ3v) is 4.47. The van der Waals surface area contributed by atoms with E-state index in [0.717, 1.165) is 12.1 Å². The van der Waals surface area contributed by atoms with Gasteiger partial charge in [-0.15, -0.1) is 5.10 Å². The predicted molar refractivity (Wildman–Crippen MR) is 114 cm³/mol. The summed E-state index contributed by atoms with van der Waals surface area (Å²) in [6.45, 7) is 0.338. The number of methoxy groups -OCH3 is 1. The number of hydrogen-bond acceptors (Lipinski definition) is 8. The minimum atomic E-state index is -0.895. The molecule has 1 aromatic carbocycles. The zero-order valence-electron chi connectivity index (χ0n) is 17.3. The molecular weight excluding hydrogens is 448 g/mol. The zero-order chi connectivity index (χ0) is 23.5. The number of thiocarbonyl (C=S) groups is 1. The monoisotopic (exact) mass is 474 g/mol. The van der Waals surface area contributed by atoms with Crippen molar-refractivity contribution in [3.05, 3.63) is 35.7 Å². The van der Waals surface area contributed by atoms with Crippen molar-refractivity contribution in [3.63, 3.8) is 0 Å². The molecule has 0 bridgehead atoms. The number of anilines is 1. The van der Waals surface area contributed by atoms with Gasteiger partial charge in [-0.2, -0.15) is 0 Å². The summed E-state index contributed by atoms with van der Waals surface area (Å²) in [7, 11) is 1.42. The summed E-state index contributed by atoms with van der Waals surface area (Å²) >= 11 is 4.86. The number of aliphatic hydroxyl groups excluding tert-OH is 2. The maximum Gasteiger partial charge on any atom is 0.275 e. The molecule has 2 aromatic rings. The Morgan fingerprint density at radius 2 is 2.03 bits per heavy atom. The van der Waals surface area contributed by atoms with E-state index in [2.05, 4.69) is 26.3 Å². The topological polar surface area (TPSA) is 150 Å². The Labute approximate surface area is 188 Å². The number of hydrogen-bond donors (Lipinski definition) is 6. The SMILES string of the molecule is COC(=S)NCc1cn(-c2cc(F)c(NCCNC(=O)C[NH2+]C[C@@H](O)CO)c(F)c2)nn1. The van der Waals surface area contributed by atoms with Crippen LogP contribution in [-0.4, -0.2) is 82.3 Å². The Balaban J connectivity index is 1.84. The van der Waals surface area contributed by atoms with Crippen molar-refractivity contribution in [2.75, 3.05) is 45.2 Å². The van der Waals surface area contributed by atoms with Gasteiger partial charge in [0.2, 0.25) is 0 Å². The molecule has 1 atom stereocenters. The number of halogens is 2. The largest absolute Gasteiger partial charge is 0.474 e. The van der Waals surface area contributed by atoms with Crippen LogP contribution in [0.5, 0.6) is 0 Å². The molecule has 176 valence electrons. The molecule has 0 aliphatic rings. The van der Waals surface area contributed by atoms with Crippen molar-refractivity contribution in [3.8, 4) is 5.69 Å². The minimum Gasteiger partial charge on any atom is -0.474 e. The first-order valence-electron chi connectivity index (χ1n) is 9.67. The summed E-state index contributed by atoms with van der Waals surface area (Å²) in [5, 5.41) is 35.3. The molecule has 11 nitrogen and oxygen atoms in total. The molecule has 0 fully saturated rings. The molecule has 1 heterocycles. The minimum absolute atomic E-state index is 0.0567. The van der Waals surface area contributed by atoms with E-state index in [1.807, 2.05) is 0 Å². The number of nitrogens with two attached hydrogens (primary N) is 1. The van der Waals surface area contributed by atoms with Gasteiger partial charge in [0.1, 0.15) is 24.0 Å². The van der Waals surface area contributed by atoms with Crippen molar-refractivity contribution in [2.45, 2.75) is 12.6 Å². The molecular formula is C18H26F2N7O4S+. The van der Waals surface area contributed by atoms with Gasteiger partial charge in [-0.3, -0.25) is 4.79 Å². The van der Waals surface area contributed by atoms with Gasteiger partial charge in [0.15, 0.2) is 18.2 Å². The fourth-order valence-corrected chi connectivity index (χ4v) is 2.62. The number of nitrogens with zero attached hydrogens (tertiary/aromatic N) is 3. The lowest BCUT2D eigenvalue weighted by molar-refractivity contribution is -0.650. The summed E-state index contributed by atoms with van der Waals surface area (Å²) in [5.41, 5.74) is 0.312. The molecule has 32 heavy (non-hydrogen) atoms. The smallest absolute Gasteiger partial charge is 0.275 e. The van der Waals surface area contributed by atoms with E-state index in [9.17, 15) is 18.7 Å². The standard InChI is InChI=1S/C18H25F2N7O4S/c1-31-18(32)24-6-11-9-27(26-25-11)12-4-14(19)17(15(20)5-12)23-3-2-22-16(30)8-21-7-13(29)10-28/h4-5,9,13,21,23,28-29H,2-3,6-8,10H2,1H3,(H,22,30)(H,24,32)/p+1/t13-/m1/s1. The number of benzene rings is 1. The summed E-state index contributed by atoms with van der Waals surface area (Å²) in [4.78, 5) is 11.7. The summed E-state index contributed by atoms with van der Waals surface area (Å²) in [6.07, 6.45) is 0.603. The van der Waals surface area contributed by atoms with Gasteiger partial charge in [0.05, 0.1) is 32.1 Å². The summed E-state index contributed by atoms with van der Waals surface area (Å²) < 4.78 is 34.9. The lowest BCUT2D eigenvalue weighted by Gasteiger charge is -2.11. The van der Waals surface area contributed by atoms with Gasteiger partial charge in [-0.25, -0.2) is 13.5 Å². The second kappa shape index (κ2) is 12.8. The van der Waals surface area contributed by atoms with Crippen LogP contribution in [0.3, 0.4) is 0 Å². The summed E-state index contributed by atoms with van der Waals surface area (Å²) in [6, 6.07) is 2.22. The van der Waals surface area contributed by atoms with Crippen molar-refractivity contribution < 1.29 is 33.8 Å². The highest BCUT2D eigenvalue weighted by Gasteiger charge is 2.14. The van der Waals surface area contributed by atoms with Crippen molar-refractivity contribution in [1.29, 1.82) is 0 Å². The molecule has 2 rings (SSSR count). The van der Waals surface area contributed by atoms with Gasteiger partial charge in [-0.1, -0.05) is 5.21 Å². The lowest BCUT2D eigenvalue weighted by Crippen LogP contribution is -2.88. The molecule has 0 saturated heterocycles. The summed E-state index contributed by atoms with van der Waals surface area (Å²) in [5.74, 6) is -1.96. The van der Waals surface area contributed by atoms with Crippen molar-refractivity contribution in [1.82, 2.24) is 25.6 Å². The van der Waals surface area contributed by atoms with E-state index < -0.39 is 17.7 Å². The number of carbonyl (C=O) groups excluding carboxylic acids is 1. The fourth-order valence-electron chi connectivity index (χ4n) is 2.54. The molecule has 0 spiro atoms. The number of aromatic nitrogens is 3. The molecule has 7 N–H and O–H groups in total. The van der Waals surface area contributed by atoms with Gasteiger partial charge < -0.3 is 36.2 Å². The number of quaternary nitrogens is 1. The van der Waals surface area contributed by atoms with E-state index in [0.29, 0.717) is 5.69 Å². The third-order valence-electron chi connectivity index (χ3n) is 4.16. The first-order chi connectivity index (χ1) is 15.3. The lowest BCUT2D eigenvalue weighted by atomic mass is 10.2. The Kier molecular flexibility index (Phi) is 10.1. The number of amides is 1. The van der Waals surface area contributed by atoms with Crippen LogP contribution in [0.15, 0.2) is 18.3 Å². The predicted octanol–water partition coefficient (Wildman–Crippen LogP) is -1.99. The van der Waals surface area contributed by atoms with E-state index in [-0.39, 0.29) is 61.8 Å². The Hall–Kier alpha value is -2.94. The Morgan fingerprint density at radius 3 is 2.69 bits per heavy atom. The third kappa shape index (κ3) is 7.96. The molecule has 0 aliphatic carbocycles. The second-order valence-corrected chi connectivity index (χ2v) is 7.00. The van der Waals surface area contributed by atoms with E-state index >= 15 is 0 Å². The van der Waals surface area contributed by atoms with Crippen LogP contribution in [0, 0.1) is 11.6 Å². The van der Waals surface area contributed by atoms with Gasteiger partial charge in [0, 0.05) is 25.2 Å². The normalized spacial score (nSPS) is 11.7. The first kappa shape index (κ1) is 25.3. The maximum atomic E-state index is 14.4. The molecule has 14 heteroatoms. The molecule has 0 saturated carbocycles. The van der Waals surface area contributed by atoms with Crippen LogP contribution in [0.1, 0.15) is 5.69 Å². The number of carbonyl (C=O) groups is 1. The average Bonchev–Trinajstić information content (AvgIpc) is 3.25. The van der Waals surface area contributed by atoms with Crippen LogP contribution in [0.2, 0.25) is 0 Å². The van der Waals surface area contributed by atoms with Crippen LogP contribution >= 0.6 is 12.2 Å². The van der Waals surface area contributed by atoms with Gasteiger partial charge in [-0.05, 0) is 12.2 Å². The molecule has 1 amide bonds. The first-order valence-corrected chi connectivity index (χ1v) is 10.1. The van der Waals surface area contributed by atoms with Crippen molar-refractivity contribution >= 4 is 29.0 Å². The molecule has 0 aliphatic heterocycles. The number of aliphatic hydroxyl groups is 2. The highest BCUT2D eigenvalue weighted by atomic mass is 32.1. The van der Waals surface area contributed by atoms with E-state index in [4.69, 9.17) is 22.1 Å². The zero-order valence-corrected chi connectivity index (χ0v) is 18.2. The van der Waals surface area contributed by atoms with Crippen LogP contribution < -0.4 is 21.3 Å². The van der Waals surface area contributed by atoms with Crippen LogP contribution in [0.4, 0.5) is 14.5 Å². The van der Waals surface area contributed by atoms with E-state index in [1.54, 1.807) is 5.32 Å². The molecule has 0 unspecified atom stereocenters. The maximum absolute atomic E-state index is 14.4. The quantitative estimate of drug-likeness (QED) is 0.152. The Morgan fingerprint density at radius 1 is 1.31 bits per heavy atom. The number of ether oxygens (including phenoxy) is 1. The second-order valence-electron chi connectivity index (χ2n) is 6.63. The molecule has 1 aromatic heterocycles. The van der Waals surface area contributed by atoms with Gasteiger partial charge in [0.25, 0.3) is 11.1 Å². The fraction of sp³-hybridized carbons (Fsp3) is 0.444. The van der Waals surface area contributed by atoms with Crippen LogP contribution in [-0.2, 0) is 16.1 Å². The molecule has 0 radical (unpaired) electrons. The number of nitrogens with one attached hydrogen (secondary N) is 3. The highest BCUT2D eigenvalue weighted by Crippen LogP contribution is 2.22. The van der Waals surface area contributed by atoms with Gasteiger partial charge >= 0.3 is 0 Å². The van der Waals surface area contributed by atoms with E-state index in [1.165, 1.54) is 18.0 Å². The van der Waals surface area contributed by atoms with Crippen molar-refractivity contribution in [2.24, 2.45) is 0 Å².